The zero-order chi connectivity index (χ0) is 33.9. The minimum Gasteiger partial charge on any atom is -0.497 e. The van der Waals surface area contributed by atoms with Gasteiger partial charge in [0.15, 0.2) is 11.6 Å². The maximum atomic E-state index is 14.0. The lowest BCUT2D eigenvalue weighted by molar-refractivity contribution is -0.139. The van der Waals surface area contributed by atoms with Crippen LogP contribution in [0.2, 0.25) is 0 Å². The molecule has 0 unspecified atom stereocenters. The normalized spacial score (nSPS) is 17.0. The van der Waals surface area contributed by atoms with E-state index in [1.54, 1.807) is 36.1 Å². The molecule has 17 heteroatoms. The van der Waals surface area contributed by atoms with Gasteiger partial charge in [-0.1, -0.05) is 12.1 Å². The van der Waals surface area contributed by atoms with Gasteiger partial charge in [0.1, 0.15) is 17.9 Å². The van der Waals surface area contributed by atoms with Gasteiger partial charge in [-0.15, -0.1) is 0 Å². The molecule has 1 amide bonds. The molecule has 254 valence electrons. The van der Waals surface area contributed by atoms with Crippen molar-refractivity contribution < 1.29 is 45.3 Å². The molecule has 2 aliphatic heterocycles. The summed E-state index contributed by atoms with van der Waals surface area (Å²) in [6.45, 7) is 2.34. The van der Waals surface area contributed by atoms with E-state index < -0.39 is 40.8 Å². The van der Waals surface area contributed by atoms with Crippen LogP contribution in [0.1, 0.15) is 30.0 Å². The summed E-state index contributed by atoms with van der Waals surface area (Å²) >= 11 is 0. The number of hydrogen-bond acceptors (Lipinski definition) is 9. The number of pyridine rings is 1. The Morgan fingerprint density at radius 1 is 1.11 bits per heavy atom. The molecule has 47 heavy (non-hydrogen) atoms. The van der Waals surface area contributed by atoms with Gasteiger partial charge in [-0.25, -0.2) is 9.67 Å². The number of amides is 1. The second-order valence-electron chi connectivity index (χ2n) is 11.2. The van der Waals surface area contributed by atoms with Crippen LogP contribution in [0.25, 0.3) is 0 Å². The summed E-state index contributed by atoms with van der Waals surface area (Å²) < 4.78 is 97.9. The molecule has 0 bridgehead atoms. The number of carbonyl (C=O) groups is 1. The molecule has 1 aromatic carbocycles. The lowest BCUT2D eigenvalue weighted by Crippen LogP contribution is -2.58. The third-order valence-corrected chi connectivity index (χ3v) is 7.75. The lowest BCUT2D eigenvalue weighted by atomic mass is 10.1. The van der Waals surface area contributed by atoms with Crippen LogP contribution in [-0.2, 0) is 28.4 Å². The predicted molar refractivity (Wildman–Crippen MR) is 157 cm³/mol. The monoisotopic (exact) mass is 670 g/mol. The minimum absolute atomic E-state index is 0.000832. The van der Waals surface area contributed by atoms with Crippen molar-refractivity contribution in [1.82, 2.24) is 19.7 Å². The molecule has 1 saturated heterocycles. The summed E-state index contributed by atoms with van der Waals surface area (Å²) in [7, 11) is 1.48. The molecule has 2 aromatic heterocycles. The van der Waals surface area contributed by atoms with Gasteiger partial charge in [-0.2, -0.15) is 31.4 Å². The third kappa shape index (κ3) is 7.89. The van der Waals surface area contributed by atoms with Crippen LogP contribution in [0.3, 0.4) is 0 Å². The number of rotatable bonds is 10. The molecule has 0 saturated carbocycles. The van der Waals surface area contributed by atoms with E-state index in [0.717, 1.165) is 23.1 Å². The molecule has 1 fully saturated rings. The Morgan fingerprint density at radius 2 is 1.85 bits per heavy atom. The number of methoxy groups -OCH3 is 1. The zero-order valence-electron chi connectivity index (χ0n) is 25.4. The second kappa shape index (κ2) is 13.7. The summed E-state index contributed by atoms with van der Waals surface area (Å²) in [5.74, 6) is 0.674. The molecule has 4 heterocycles. The average Bonchev–Trinajstić information content (AvgIpc) is 3.03. The van der Waals surface area contributed by atoms with Crippen molar-refractivity contribution in [2.45, 2.75) is 44.3 Å². The van der Waals surface area contributed by atoms with Crippen LogP contribution in [0.5, 0.6) is 11.5 Å². The number of carbonyl (C=O) groups excluding carboxylic acids is 1. The SMILES string of the molecule is COc1ccc(Cn2ncc(N[C@@H](C)COCCC(=O)N3CCN4c5ncc(C(F)(F)F)cc5OC[C@@H]4C3)c(C(F)(F)F)c2=O)cc1. The number of ether oxygens (including phenoxy) is 3. The highest BCUT2D eigenvalue weighted by Gasteiger charge is 2.39. The highest BCUT2D eigenvalue weighted by Crippen LogP contribution is 2.38. The number of alkyl halides is 6. The summed E-state index contributed by atoms with van der Waals surface area (Å²) in [4.78, 5) is 33.1. The van der Waals surface area contributed by atoms with Crippen LogP contribution in [0.15, 0.2) is 47.5 Å². The second-order valence-corrected chi connectivity index (χ2v) is 11.2. The molecular formula is C30H32F6N6O5. The third-order valence-electron chi connectivity index (χ3n) is 7.75. The Labute approximate surface area is 265 Å². The van der Waals surface area contributed by atoms with Gasteiger partial charge in [-0.05, 0) is 30.7 Å². The van der Waals surface area contributed by atoms with Crippen molar-refractivity contribution >= 4 is 17.4 Å². The molecule has 3 aromatic rings. The van der Waals surface area contributed by atoms with Crippen LogP contribution < -0.4 is 25.2 Å². The van der Waals surface area contributed by atoms with Crippen molar-refractivity contribution in [3.05, 3.63) is 69.8 Å². The van der Waals surface area contributed by atoms with Crippen molar-refractivity contribution in [3.8, 4) is 11.5 Å². The van der Waals surface area contributed by atoms with Gasteiger partial charge in [0.05, 0.1) is 56.8 Å². The molecule has 2 atom stereocenters. The first-order chi connectivity index (χ1) is 22.2. The Balaban J connectivity index is 1.11. The topological polar surface area (TPSA) is 111 Å². The van der Waals surface area contributed by atoms with Crippen LogP contribution in [0, 0.1) is 0 Å². The molecule has 0 spiro atoms. The number of anilines is 2. The lowest BCUT2D eigenvalue weighted by Gasteiger charge is -2.44. The van der Waals surface area contributed by atoms with E-state index in [0.29, 0.717) is 30.2 Å². The molecule has 5 rings (SSSR count). The minimum atomic E-state index is -4.95. The Morgan fingerprint density at radius 3 is 2.53 bits per heavy atom. The van der Waals surface area contributed by atoms with Crippen LogP contribution in [-0.4, -0.2) is 84.2 Å². The molecule has 0 radical (unpaired) electrons. The fourth-order valence-corrected chi connectivity index (χ4v) is 5.38. The fourth-order valence-electron chi connectivity index (χ4n) is 5.38. The van der Waals surface area contributed by atoms with E-state index in [1.165, 1.54) is 7.11 Å². The highest BCUT2D eigenvalue weighted by atomic mass is 19.4. The van der Waals surface area contributed by atoms with E-state index in [9.17, 15) is 35.9 Å². The number of benzene rings is 1. The Hall–Kier alpha value is -4.54. The number of piperazine rings is 1. The van der Waals surface area contributed by atoms with Crippen molar-refractivity contribution in [2.75, 3.05) is 56.8 Å². The van der Waals surface area contributed by atoms with Gasteiger partial charge in [0.2, 0.25) is 5.91 Å². The van der Waals surface area contributed by atoms with Crippen LogP contribution in [0.4, 0.5) is 37.8 Å². The Bertz CT molecular complexity index is 1630. The van der Waals surface area contributed by atoms with E-state index in [-0.39, 0.29) is 57.0 Å². The number of nitrogens with one attached hydrogen (secondary N) is 1. The van der Waals surface area contributed by atoms with Crippen molar-refractivity contribution in [3.63, 3.8) is 0 Å². The summed E-state index contributed by atoms with van der Waals surface area (Å²) in [6, 6.07) is 6.45. The highest BCUT2D eigenvalue weighted by molar-refractivity contribution is 5.77. The van der Waals surface area contributed by atoms with Gasteiger partial charge < -0.3 is 29.3 Å². The largest absolute Gasteiger partial charge is 0.497 e. The maximum absolute atomic E-state index is 14.0. The van der Waals surface area contributed by atoms with E-state index in [4.69, 9.17) is 14.2 Å². The molecule has 1 N–H and O–H groups in total. The van der Waals surface area contributed by atoms with Gasteiger partial charge in [0, 0.05) is 31.9 Å². The fraction of sp³-hybridized carbons (Fsp3) is 0.467. The van der Waals surface area contributed by atoms with Crippen LogP contribution >= 0.6 is 0 Å². The van der Waals surface area contributed by atoms with Crippen molar-refractivity contribution in [2.24, 2.45) is 0 Å². The maximum Gasteiger partial charge on any atom is 0.423 e. The summed E-state index contributed by atoms with van der Waals surface area (Å²) in [5, 5.41) is 6.57. The average molecular weight is 671 g/mol. The van der Waals surface area contributed by atoms with Gasteiger partial charge in [-0.3, -0.25) is 9.59 Å². The smallest absolute Gasteiger partial charge is 0.423 e. The summed E-state index contributed by atoms with van der Waals surface area (Å²) in [6.07, 6.45) is -7.79. The van der Waals surface area contributed by atoms with Gasteiger partial charge >= 0.3 is 12.4 Å². The zero-order valence-corrected chi connectivity index (χ0v) is 25.4. The molecule has 2 aliphatic rings. The standard InChI is InChI=1S/C30H32F6N6O5/c1-18(39-23-13-38-42(28(44)26(23)30(34,35)36)14-19-3-5-22(45-2)6-4-19)16-46-10-7-25(43)40-8-9-41-21(15-40)17-47-24-11-20(29(31,32)33)12-37-27(24)41/h3-6,11-13,18,21,39H,7-10,14-17H2,1-2H3/t18-,21-/m0/s1. The van der Waals surface area contributed by atoms with Crippen molar-refractivity contribution in [1.29, 1.82) is 0 Å². The molecule has 11 nitrogen and oxygen atoms in total. The molecule has 0 aliphatic carbocycles. The van der Waals surface area contributed by atoms with Gasteiger partial charge in [0.25, 0.3) is 5.56 Å². The van der Waals surface area contributed by atoms with E-state index >= 15 is 0 Å². The number of nitrogens with zero attached hydrogens (tertiary/aromatic N) is 5. The quantitative estimate of drug-likeness (QED) is 0.252. The number of aromatic nitrogens is 3. The number of fused-ring (bicyclic) bond motifs is 3. The Kier molecular flexibility index (Phi) is 9.84. The molecular weight excluding hydrogens is 638 g/mol. The van der Waals surface area contributed by atoms with E-state index in [1.807, 2.05) is 4.90 Å². The summed E-state index contributed by atoms with van der Waals surface area (Å²) in [5.41, 5.74) is -3.51. The predicted octanol–water partition coefficient (Wildman–Crippen LogP) is 4.05. The number of hydrogen-bond donors (Lipinski definition) is 1. The first-order valence-electron chi connectivity index (χ1n) is 14.6. The number of halogens is 6. The van der Waals surface area contributed by atoms with E-state index in [2.05, 4.69) is 15.4 Å². The first kappa shape index (κ1) is 33.8. The first-order valence-corrected chi connectivity index (χ1v) is 14.6.